The minimum absolute atomic E-state index is 0.0836. The quantitative estimate of drug-likeness (QED) is 0.583. The van der Waals surface area contributed by atoms with E-state index in [2.05, 4.69) is 15.5 Å². The Hall–Kier alpha value is -2.00. The molecule has 0 aromatic rings. The van der Waals surface area contributed by atoms with Crippen molar-refractivity contribution in [1.29, 1.82) is 0 Å². The van der Waals surface area contributed by atoms with Crippen molar-refractivity contribution in [1.82, 2.24) is 25.3 Å². The number of carbonyl (C=O) groups excluding carboxylic acids is 4. The molecule has 2 saturated heterocycles. The molecule has 2 aliphatic heterocycles. The predicted octanol–water partition coefficient (Wildman–Crippen LogP) is -0.377. The van der Waals surface area contributed by atoms with Gasteiger partial charge in [0.25, 0.3) is 0 Å². The van der Waals surface area contributed by atoms with Gasteiger partial charge in [0.1, 0.15) is 0 Å². The smallest absolute Gasteiger partial charge is 0.321 e. The Bertz CT molecular complexity index is 556. The first-order valence-electron chi connectivity index (χ1n) is 9.66. The van der Waals surface area contributed by atoms with Crippen molar-refractivity contribution in [3.8, 4) is 0 Å². The zero-order chi connectivity index (χ0) is 20.0. The van der Waals surface area contributed by atoms with Crippen molar-refractivity contribution in [2.45, 2.75) is 39.7 Å². The van der Waals surface area contributed by atoms with Gasteiger partial charge in [0.15, 0.2) is 0 Å². The molecule has 152 valence electrons. The van der Waals surface area contributed by atoms with Crippen LogP contribution in [0.1, 0.15) is 33.6 Å². The molecular weight excluding hydrogens is 350 g/mol. The van der Waals surface area contributed by atoms with E-state index >= 15 is 0 Å². The first-order valence-corrected chi connectivity index (χ1v) is 9.66. The number of piperazine rings is 1. The van der Waals surface area contributed by atoms with E-state index in [1.807, 2.05) is 18.7 Å². The lowest BCUT2D eigenvalue weighted by molar-refractivity contribution is -0.138. The number of hydrogen-bond donors (Lipinski definition) is 2. The first-order chi connectivity index (χ1) is 12.8. The Kier molecular flexibility index (Phi) is 7.73. The van der Waals surface area contributed by atoms with Crippen LogP contribution in [0.2, 0.25) is 0 Å². The molecule has 0 bridgehead atoms. The summed E-state index contributed by atoms with van der Waals surface area (Å²) in [6, 6.07) is -0.849. The van der Waals surface area contributed by atoms with Crippen LogP contribution in [0.15, 0.2) is 0 Å². The maximum Gasteiger partial charge on any atom is 0.321 e. The number of hydrogen-bond acceptors (Lipinski definition) is 6. The number of carbonyl (C=O) groups is 4. The maximum atomic E-state index is 12.2. The predicted molar refractivity (Wildman–Crippen MR) is 99.8 cm³/mol. The van der Waals surface area contributed by atoms with Crippen LogP contribution in [0.25, 0.3) is 0 Å². The number of nitrogens with zero attached hydrogens (tertiary/aromatic N) is 3. The van der Waals surface area contributed by atoms with E-state index in [1.165, 1.54) is 4.90 Å². The summed E-state index contributed by atoms with van der Waals surface area (Å²) >= 11 is 0. The number of nitrogens with one attached hydrogen (secondary N) is 2. The molecule has 27 heavy (non-hydrogen) atoms. The molecule has 2 fully saturated rings. The molecule has 2 N–H and O–H groups in total. The molecule has 0 aromatic heterocycles. The van der Waals surface area contributed by atoms with Gasteiger partial charge in [0, 0.05) is 58.7 Å². The van der Waals surface area contributed by atoms with Crippen molar-refractivity contribution < 1.29 is 19.2 Å². The van der Waals surface area contributed by atoms with Gasteiger partial charge in [-0.3, -0.25) is 34.4 Å². The lowest BCUT2D eigenvalue weighted by atomic mass is 10.2. The number of likely N-dealkylation sites (tertiary alicyclic amines) is 1. The van der Waals surface area contributed by atoms with Crippen LogP contribution in [0.5, 0.6) is 0 Å². The largest absolute Gasteiger partial charge is 0.338 e. The molecule has 0 spiro atoms. The zero-order valence-corrected chi connectivity index (χ0v) is 16.5. The zero-order valence-electron chi connectivity index (χ0n) is 16.5. The molecule has 2 rings (SSSR count). The van der Waals surface area contributed by atoms with E-state index in [4.69, 9.17) is 0 Å². The van der Waals surface area contributed by atoms with Gasteiger partial charge in [-0.1, -0.05) is 13.8 Å². The van der Waals surface area contributed by atoms with Crippen LogP contribution in [-0.4, -0.2) is 90.3 Å². The molecular formula is C18H31N5O4. The van der Waals surface area contributed by atoms with Gasteiger partial charge in [-0.2, -0.15) is 0 Å². The summed E-state index contributed by atoms with van der Waals surface area (Å²) < 4.78 is 0. The topological polar surface area (TPSA) is 102 Å². The monoisotopic (exact) mass is 381 g/mol. The number of rotatable bonds is 7. The fourth-order valence-electron chi connectivity index (χ4n) is 3.21. The second-order valence-electron chi connectivity index (χ2n) is 7.59. The van der Waals surface area contributed by atoms with E-state index in [0.717, 1.165) is 13.1 Å². The Morgan fingerprint density at radius 1 is 0.963 bits per heavy atom. The number of amides is 5. The molecule has 2 aliphatic rings. The van der Waals surface area contributed by atoms with Crippen LogP contribution in [-0.2, 0) is 14.4 Å². The third-order valence-corrected chi connectivity index (χ3v) is 5.04. The molecule has 1 atom stereocenters. The van der Waals surface area contributed by atoms with E-state index in [9.17, 15) is 19.2 Å². The van der Waals surface area contributed by atoms with Crippen LogP contribution in [0, 0.1) is 5.92 Å². The summed E-state index contributed by atoms with van der Waals surface area (Å²) in [4.78, 5) is 52.8. The first kappa shape index (κ1) is 21.3. The average Bonchev–Trinajstić information content (AvgIpc) is 2.96. The van der Waals surface area contributed by atoms with Gasteiger partial charge >= 0.3 is 6.03 Å². The van der Waals surface area contributed by atoms with E-state index in [-0.39, 0.29) is 17.7 Å². The third kappa shape index (κ3) is 6.28. The summed E-state index contributed by atoms with van der Waals surface area (Å²) in [5.74, 6) is -0.153. The molecule has 9 heteroatoms. The molecule has 0 saturated carbocycles. The molecule has 0 aliphatic carbocycles. The minimum atomic E-state index is -0.459. The van der Waals surface area contributed by atoms with Gasteiger partial charge in [0.05, 0.1) is 6.04 Å². The van der Waals surface area contributed by atoms with Crippen molar-refractivity contribution in [2.24, 2.45) is 5.92 Å². The lowest BCUT2D eigenvalue weighted by Gasteiger charge is -2.37. The highest BCUT2D eigenvalue weighted by Crippen LogP contribution is 2.12. The van der Waals surface area contributed by atoms with Gasteiger partial charge < -0.3 is 5.32 Å². The Morgan fingerprint density at radius 2 is 1.56 bits per heavy atom. The van der Waals surface area contributed by atoms with Gasteiger partial charge in [-0.15, -0.1) is 0 Å². The molecule has 0 radical (unpaired) electrons. The number of imide groups is 2. The van der Waals surface area contributed by atoms with E-state index < -0.39 is 12.1 Å². The molecule has 1 unspecified atom stereocenters. The van der Waals surface area contributed by atoms with Crippen LogP contribution >= 0.6 is 0 Å². The molecule has 9 nitrogen and oxygen atoms in total. The summed E-state index contributed by atoms with van der Waals surface area (Å²) in [5.41, 5.74) is 0. The van der Waals surface area contributed by atoms with E-state index in [0.29, 0.717) is 51.5 Å². The standard InChI is InChI=1S/C18H31N5O4/c1-13(2)12-19-18(27)20-17(26)14(3)22-9-6-21(7-10-22)8-11-23-15(24)4-5-16(23)25/h13-14H,4-12H2,1-3H3,(H2,19,20,26,27). The Labute approximate surface area is 160 Å². The van der Waals surface area contributed by atoms with Gasteiger partial charge in [0.2, 0.25) is 17.7 Å². The minimum Gasteiger partial charge on any atom is -0.338 e. The highest BCUT2D eigenvalue weighted by atomic mass is 16.2. The van der Waals surface area contributed by atoms with Crippen LogP contribution in [0.4, 0.5) is 4.79 Å². The second kappa shape index (κ2) is 9.80. The van der Waals surface area contributed by atoms with Crippen molar-refractivity contribution >= 4 is 23.8 Å². The normalized spacial score (nSPS) is 20.2. The fraction of sp³-hybridized carbons (Fsp3) is 0.778. The van der Waals surface area contributed by atoms with Crippen molar-refractivity contribution in [3.05, 3.63) is 0 Å². The highest BCUT2D eigenvalue weighted by molar-refractivity contribution is 6.01. The Morgan fingerprint density at radius 3 is 2.11 bits per heavy atom. The van der Waals surface area contributed by atoms with Gasteiger partial charge in [-0.05, 0) is 12.8 Å². The van der Waals surface area contributed by atoms with Crippen molar-refractivity contribution in [2.75, 3.05) is 45.8 Å². The Balaban J connectivity index is 1.69. The summed E-state index contributed by atoms with van der Waals surface area (Å²) in [6.45, 7) is 10.3. The summed E-state index contributed by atoms with van der Waals surface area (Å²) in [5, 5.41) is 5.06. The SMILES string of the molecule is CC(C)CNC(=O)NC(=O)C(C)N1CCN(CCN2C(=O)CCC2=O)CC1. The molecule has 0 aromatic carbocycles. The summed E-state index contributed by atoms with van der Waals surface area (Å²) in [7, 11) is 0. The maximum absolute atomic E-state index is 12.2. The average molecular weight is 381 g/mol. The van der Waals surface area contributed by atoms with Crippen molar-refractivity contribution in [3.63, 3.8) is 0 Å². The van der Waals surface area contributed by atoms with E-state index in [1.54, 1.807) is 6.92 Å². The van der Waals surface area contributed by atoms with Gasteiger partial charge in [-0.25, -0.2) is 4.79 Å². The second-order valence-corrected chi connectivity index (χ2v) is 7.59. The van der Waals surface area contributed by atoms with Crippen LogP contribution < -0.4 is 10.6 Å². The third-order valence-electron chi connectivity index (χ3n) is 5.04. The lowest BCUT2D eigenvalue weighted by Crippen LogP contribution is -2.56. The summed E-state index contributed by atoms with van der Waals surface area (Å²) in [6.07, 6.45) is 0.647. The fourth-order valence-corrected chi connectivity index (χ4v) is 3.21. The highest BCUT2D eigenvalue weighted by Gasteiger charge is 2.30. The number of urea groups is 1. The molecule has 2 heterocycles. The molecule has 5 amide bonds. The van der Waals surface area contributed by atoms with Crippen LogP contribution in [0.3, 0.4) is 0 Å².